The van der Waals surface area contributed by atoms with E-state index in [4.69, 9.17) is 11.6 Å². The smallest absolute Gasteiger partial charge is 0.270 e. The maximum atomic E-state index is 12.7. The molecule has 1 heterocycles. The first-order chi connectivity index (χ1) is 14.1. The molecule has 1 aromatic heterocycles. The Hall–Kier alpha value is -3.37. The van der Waals surface area contributed by atoms with Gasteiger partial charge >= 0.3 is 0 Å². The van der Waals surface area contributed by atoms with Crippen molar-refractivity contribution in [3.8, 4) is 16.8 Å². The van der Waals surface area contributed by atoms with Gasteiger partial charge in [0.1, 0.15) is 5.69 Å². The van der Waals surface area contributed by atoms with Gasteiger partial charge in [0, 0.05) is 17.3 Å². The van der Waals surface area contributed by atoms with E-state index in [1.165, 1.54) is 11.1 Å². The molecule has 4 nitrogen and oxygen atoms in total. The largest absolute Gasteiger partial charge is 0.347 e. The average molecular weight is 402 g/mol. The summed E-state index contributed by atoms with van der Waals surface area (Å²) in [6.07, 6.45) is 3.23. The molecule has 0 aliphatic heterocycles. The minimum Gasteiger partial charge on any atom is -0.347 e. The molecule has 0 saturated heterocycles. The van der Waals surface area contributed by atoms with Gasteiger partial charge in [0.2, 0.25) is 0 Å². The van der Waals surface area contributed by atoms with E-state index in [0.29, 0.717) is 17.3 Å². The molecule has 3 aromatic carbocycles. The normalized spacial score (nSPS) is 10.7. The number of nitrogens with one attached hydrogen (secondary N) is 1. The second-order valence-electron chi connectivity index (χ2n) is 6.82. The van der Waals surface area contributed by atoms with Gasteiger partial charge in [-0.05, 0) is 53.4 Å². The van der Waals surface area contributed by atoms with Crippen molar-refractivity contribution < 1.29 is 4.79 Å². The van der Waals surface area contributed by atoms with Crippen LogP contribution in [0, 0.1) is 6.92 Å². The van der Waals surface area contributed by atoms with Crippen LogP contribution < -0.4 is 5.32 Å². The summed E-state index contributed by atoms with van der Waals surface area (Å²) in [5.41, 5.74) is 5.92. The predicted octanol–water partition coefficient (Wildman–Crippen LogP) is 5.43. The number of nitrogens with zero attached hydrogens (tertiary/aromatic N) is 2. The molecule has 1 amide bonds. The highest BCUT2D eigenvalue weighted by Crippen LogP contribution is 2.24. The van der Waals surface area contributed by atoms with Gasteiger partial charge in [0.15, 0.2) is 0 Å². The Morgan fingerprint density at radius 2 is 1.72 bits per heavy atom. The second kappa shape index (κ2) is 8.33. The zero-order valence-electron chi connectivity index (χ0n) is 16.0. The Labute approximate surface area is 174 Å². The zero-order valence-corrected chi connectivity index (χ0v) is 16.7. The molecule has 0 saturated carbocycles. The second-order valence-corrected chi connectivity index (χ2v) is 7.26. The van der Waals surface area contributed by atoms with Gasteiger partial charge < -0.3 is 5.32 Å². The van der Waals surface area contributed by atoms with E-state index in [1.807, 2.05) is 48.5 Å². The fraction of sp³-hybridized carbons (Fsp3) is 0.0833. The summed E-state index contributed by atoms with van der Waals surface area (Å²) in [4.78, 5) is 16.8. The van der Waals surface area contributed by atoms with Gasteiger partial charge in [-0.3, -0.25) is 9.36 Å². The number of imidazole rings is 1. The van der Waals surface area contributed by atoms with E-state index in [-0.39, 0.29) is 5.91 Å². The molecular weight excluding hydrogens is 382 g/mol. The number of hydrogen-bond donors (Lipinski definition) is 1. The summed E-state index contributed by atoms with van der Waals surface area (Å²) in [6, 6.07) is 23.8. The molecule has 0 unspecified atom stereocenters. The van der Waals surface area contributed by atoms with Gasteiger partial charge in [-0.25, -0.2) is 4.98 Å². The average Bonchev–Trinajstić information content (AvgIpc) is 3.24. The maximum Gasteiger partial charge on any atom is 0.270 e. The van der Waals surface area contributed by atoms with Crippen LogP contribution in [-0.4, -0.2) is 15.5 Å². The highest BCUT2D eigenvalue weighted by Gasteiger charge is 2.13. The molecule has 5 heteroatoms. The van der Waals surface area contributed by atoms with Gasteiger partial charge in [0.05, 0.1) is 12.5 Å². The van der Waals surface area contributed by atoms with Crippen LogP contribution in [0.4, 0.5) is 0 Å². The van der Waals surface area contributed by atoms with Gasteiger partial charge in [-0.1, -0.05) is 60.1 Å². The summed E-state index contributed by atoms with van der Waals surface area (Å²) in [5.74, 6) is -0.180. The van der Waals surface area contributed by atoms with Crippen molar-refractivity contribution in [2.24, 2.45) is 0 Å². The number of benzene rings is 3. The Bertz CT molecular complexity index is 1130. The topological polar surface area (TPSA) is 46.9 Å². The standard InChI is InChI=1S/C24H20ClN3O/c1-17-4-2-3-5-22(17)19-8-12-21(13-9-19)28-16-26-15-23(28)24(29)27-14-18-6-10-20(25)11-7-18/h2-13,15-16H,14H2,1H3,(H,27,29). The number of carbonyl (C=O) groups is 1. The van der Waals surface area contributed by atoms with Gasteiger partial charge in [0.25, 0.3) is 5.91 Å². The highest BCUT2D eigenvalue weighted by molar-refractivity contribution is 6.30. The number of amides is 1. The number of halogens is 1. The number of carbonyl (C=O) groups excluding carboxylic acids is 1. The first-order valence-corrected chi connectivity index (χ1v) is 9.71. The lowest BCUT2D eigenvalue weighted by atomic mass is 10.0. The van der Waals surface area contributed by atoms with Crippen molar-refractivity contribution in [2.75, 3.05) is 0 Å². The predicted molar refractivity (Wildman–Crippen MR) is 116 cm³/mol. The minimum atomic E-state index is -0.180. The van der Waals surface area contributed by atoms with E-state index in [2.05, 4.69) is 41.5 Å². The Morgan fingerprint density at radius 3 is 2.45 bits per heavy atom. The van der Waals surface area contributed by atoms with Crippen LogP contribution in [0.1, 0.15) is 21.6 Å². The van der Waals surface area contributed by atoms with Crippen molar-refractivity contribution in [1.82, 2.24) is 14.9 Å². The van der Waals surface area contributed by atoms with Crippen molar-refractivity contribution in [1.29, 1.82) is 0 Å². The summed E-state index contributed by atoms with van der Waals surface area (Å²) in [6.45, 7) is 2.52. The first kappa shape index (κ1) is 19.0. The third-order valence-corrected chi connectivity index (χ3v) is 5.09. The van der Waals surface area contributed by atoms with E-state index in [1.54, 1.807) is 17.1 Å². The fourth-order valence-corrected chi connectivity index (χ4v) is 3.37. The third kappa shape index (κ3) is 4.23. The molecule has 0 fully saturated rings. The van der Waals surface area contributed by atoms with Crippen molar-refractivity contribution in [2.45, 2.75) is 13.5 Å². The summed E-state index contributed by atoms with van der Waals surface area (Å²) >= 11 is 5.90. The van der Waals surface area contributed by atoms with E-state index in [0.717, 1.165) is 16.8 Å². The number of aryl methyl sites for hydroxylation is 1. The van der Waals surface area contributed by atoms with Crippen molar-refractivity contribution >= 4 is 17.5 Å². The zero-order chi connectivity index (χ0) is 20.2. The van der Waals surface area contributed by atoms with Crippen LogP contribution in [0.5, 0.6) is 0 Å². The molecule has 144 valence electrons. The Morgan fingerprint density at radius 1 is 1.00 bits per heavy atom. The molecule has 29 heavy (non-hydrogen) atoms. The summed E-state index contributed by atoms with van der Waals surface area (Å²) < 4.78 is 1.79. The van der Waals surface area contributed by atoms with Crippen LogP contribution >= 0.6 is 11.6 Å². The van der Waals surface area contributed by atoms with Crippen LogP contribution in [0.15, 0.2) is 85.3 Å². The molecule has 1 N–H and O–H groups in total. The molecule has 4 aromatic rings. The van der Waals surface area contributed by atoms with Crippen LogP contribution in [0.25, 0.3) is 16.8 Å². The molecule has 0 spiro atoms. The SMILES string of the molecule is Cc1ccccc1-c1ccc(-n2cncc2C(=O)NCc2ccc(Cl)cc2)cc1. The lowest BCUT2D eigenvalue weighted by Gasteiger charge is -2.11. The lowest BCUT2D eigenvalue weighted by molar-refractivity contribution is 0.0944. The number of rotatable bonds is 5. The lowest BCUT2D eigenvalue weighted by Crippen LogP contribution is -2.25. The van der Waals surface area contributed by atoms with Crippen molar-refractivity contribution in [3.63, 3.8) is 0 Å². The molecule has 0 atom stereocenters. The fourth-order valence-electron chi connectivity index (χ4n) is 3.24. The van der Waals surface area contributed by atoms with Crippen LogP contribution in [0.3, 0.4) is 0 Å². The molecular formula is C24H20ClN3O. The molecule has 0 radical (unpaired) electrons. The Kier molecular flexibility index (Phi) is 5.45. The quantitative estimate of drug-likeness (QED) is 0.484. The first-order valence-electron chi connectivity index (χ1n) is 9.33. The molecule has 0 aliphatic rings. The summed E-state index contributed by atoms with van der Waals surface area (Å²) in [7, 11) is 0. The van der Waals surface area contributed by atoms with E-state index < -0.39 is 0 Å². The minimum absolute atomic E-state index is 0.180. The monoisotopic (exact) mass is 401 g/mol. The number of aromatic nitrogens is 2. The summed E-state index contributed by atoms with van der Waals surface area (Å²) in [5, 5.41) is 3.61. The highest BCUT2D eigenvalue weighted by atomic mass is 35.5. The van der Waals surface area contributed by atoms with Gasteiger partial charge in [-0.15, -0.1) is 0 Å². The molecule has 4 rings (SSSR count). The third-order valence-electron chi connectivity index (χ3n) is 4.84. The van der Waals surface area contributed by atoms with E-state index in [9.17, 15) is 4.79 Å². The van der Waals surface area contributed by atoms with Crippen molar-refractivity contribution in [3.05, 3.63) is 107 Å². The van der Waals surface area contributed by atoms with Gasteiger partial charge in [-0.2, -0.15) is 0 Å². The Balaban J connectivity index is 1.52. The number of hydrogen-bond acceptors (Lipinski definition) is 2. The van der Waals surface area contributed by atoms with Crippen LogP contribution in [0.2, 0.25) is 5.02 Å². The molecule has 0 aliphatic carbocycles. The van der Waals surface area contributed by atoms with E-state index >= 15 is 0 Å². The maximum absolute atomic E-state index is 12.7. The molecule has 0 bridgehead atoms. The van der Waals surface area contributed by atoms with Crippen LogP contribution in [-0.2, 0) is 6.54 Å².